The van der Waals surface area contributed by atoms with Crippen molar-refractivity contribution >= 4 is 0 Å². The third-order valence-electron chi connectivity index (χ3n) is 4.31. The molecule has 0 saturated carbocycles. The van der Waals surface area contributed by atoms with Gasteiger partial charge in [0, 0.05) is 31.7 Å². The highest BCUT2D eigenvalue weighted by Gasteiger charge is 2.25. The van der Waals surface area contributed by atoms with Crippen molar-refractivity contribution in [3.8, 4) is 0 Å². The summed E-state index contributed by atoms with van der Waals surface area (Å²) in [5.74, 6) is 0. The lowest BCUT2D eigenvalue weighted by Crippen LogP contribution is -2.50. The van der Waals surface area contributed by atoms with Gasteiger partial charge in [-0.2, -0.15) is 0 Å². The fourth-order valence-corrected chi connectivity index (χ4v) is 2.96. The van der Waals surface area contributed by atoms with Crippen molar-refractivity contribution in [2.24, 2.45) is 0 Å². The van der Waals surface area contributed by atoms with Crippen molar-refractivity contribution in [1.29, 1.82) is 0 Å². The molecule has 19 heavy (non-hydrogen) atoms. The van der Waals surface area contributed by atoms with Gasteiger partial charge in [0.1, 0.15) is 0 Å². The molecule has 106 valence electrons. The van der Waals surface area contributed by atoms with E-state index in [1.54, 1.807) is 0 Å². The minimum atomic E-state index is 0.494. The molecular weight excluding hydrogens is 234 g/mol. The predicted molar refractivity (Wildman–Crippen MR) is 81.5 cm³/mol. The van der Waals surface area contributed by atoms with E-state index in [2.05, 4.69) is 67.4 Å². The summed E-state index contributed by atoms with van der Waals surface area (Å²) in [5, 5.41) is 3.52. The third-order valence-corrected chi connectivity index (χ3v) is 4.31. The second-order valence-electron chi connectivity index (χ2n) is 5.91. The van der Waals surface area contributed by atoms with E-state index in [1.165, 1.54) is 17.5 Å². The first-order valence-electron chi connectivity index (χ1n) is 7.22. The summed E-state index contributed by atoms with van der Waals surface area (Å²) in [6.07, 6.45) is 1.18. The van der Waals surface area contributed by atoms with Gasteiger partial charge >= 0.3 is 0 Å². The lowest BCUT2D eigenvalue weighted by molar-refractivity contribution is 0.149. The largest absolute Gasteiger partial charge is 0.314 e. The van der Waals surface area contributed by atoms with Crippen molar-refractivity contribution in [1.82, 2.24) is 15.1 Å². The summed E-state index contributed by atoms with van der Waals surface area (Å²) in [6.45, 7) is 5.59. The Morgan fingerprint density at radius 2 is 2.11 bits per heavy atom. The van der Waals surface area contributed by atoms with E-state index in [-0.39, 0.29) is 0 Å². The Balaban J connectivity index is 2.14. The second kappa shape index (κ2) is 6.51. The molecule has 3 nitrogen and oxygen atoms in total. The highest BCUT2D eigenvalue weighted by molar-refractivity contribution is 5.29. The number of nitrogens with zero attached hydrogens (tertiary/aromatic N) is 2. The van der Waals surface area contributed by atoms with Crippen LogP contribution in [0.4, 0.5) is 0 Å². The predicted octanol–water partition coefficient (Wildman–Crippen LogP) is 1.89. The van der Waals surface area contributed by atoms with Crippen molar-refractivity contribution in [2.75, 3.05) is 40.8 Å². The lowest BCUT2D eigenvalue weighted by atomic mass is 9.93. The minimum Gasteiger partial charge on any atom is -0.314 e. The molecule has 0 spiro atoms. The zero-order chi connectivity index (χ0) is 13.8. The monoisotopic (exact) mass is 261 g/mol. The Morgan fingerprint density at radius 3 is 2.74 bits per heavy atom. The Morgan fingerprint density at radius 1 is 1.37 bits per heavy atom. The van der Waals surface area contributed by atoms with Gasteiger partial charge in [-0.15, -0.1) is 0 Å². The van der Waals surface area contributed by atoms with Crippen molar-refractivity contribution in [3.63, 3.8) is 0 Å². The van der Waals surface area contributed by atoms with Crippen LogP contribution in [-0.2, 0) is 0 Å². The summed E-state index contributed by atoms with van der Waals surface area (Å²) < 4.78 is 0. The average Bonchev–Trinajstić information content (AvgIpc) is 2.38. The topological polar surface area (TPSA) is 18.5 Å². The summed E-state index contributed by atoms with van der Waals surface area (Å²) in [5.41, 5.74) is 2.86. The SMILES string of the molecule is Cc1ccccc1C(CC1CNCCN1C)N(C)C. The number of likely N-dealkylation sites (N-methyl/N-ethyl adjacent to an activating group) is 1. The molecule has 1 fully saturated rings. The van der Waals surface area contributed by atoms with Gasteiger partial charge in [-0.25, -0.2) is 0 Å². The summed E-state index contributed by atoms with van der Waals surface area (Å²) in [6, 6.07) is 9.89. The lowest BCUT2D eigenvalue weighted by Gasteiger charge is -2.37. The molecule has 1 N–H and O–H groups in total. The highest BCUT2D eigenvalue weighted by atomic mass is 15.2. The van der Waals surface area contributed by atoms with Gasteiger partial charge < -0.3 is 15.1 Å². The van der Waals surface area contributed by atoms with Gasteiger partial charge in [-0.1, -0.05) is 24.3 Å². The van der Waals surface area contributed by atoms with Crippen LogP contribution >= 0.6 is 0 Å². The van der Waals surface area contributed by atoms with E-state index < -0.39 is 0 Å². The van der Waals surface area contributed by atoms with Gasteiger partial charge in [0.25, 0.3) is 0 Å². The first-order valence-corrected chi connectivity index (χ1v) is 7.22. The molecule has 2 atom stereocenters. The molecule has 0 radical (unpaired) electrons. The molecule has 0 aromatic heterocycles. The maximum absolute atomic E-state index is 3.52. The third kappa shape index (κ3) is 3.56. The number of piperazine rings is 1. The molecular formula is C16H27N3. The first kappa shape index (κ1) is 14.5. The highest BCUT2D eigenvalue weighted by Crippen LogP contribution is 2.27. The average molecular weight is 261 g/mol. The molecule has 3 heteroatoms. The fourth-order valence-electron chi connectivity index (χ4n) is 2.96. The van der Waals surface area contributed by atoms with Gasteiger partial charge in [0.05, 0.1) is 0 Å². The Hall–Kier alpha value is -0.900. The Bertz CT molecular complexity index is 403. The molecule has 1 saturated heterocycles. The van der Waals surface area contributed by atoms with Crippen LogP contribution in [0.25, 0.3) is 0 Å². The van der Waals surface area contributed by atoms with Crippen LogP contribution in [0.2, 0.25) is 0 Å². The van der Waals surface area contributed by atoms with Gasteiger partial charge in [0.2, 0.25) is 0 Å². The molecule has 2 rings (SSSR count). The number of aryl methyl sites for hydroxylation is 1. The van der Waals surface area contributed by atoms with Crippen LogP contribution in [0, 0.1) is 6.92 Å². The van der Waals surface area contributed by atoms with Crippen LogP contribution in [0.1, 0.15) is 23.6 Å². The normalized spacial score (nSPS) is 22.7. The van der Waals surface area contributed by atoms with E-state index in [4.69, 9.17) is 0 Å². The van der Waals surface area contributed by atoms with E-state index in [0.717, 1.165) is 19.6 Å². The molecule has 0 aliphatic carbocycles. The van der Waals surface area contributed by atoms with Crippen LogP contribution < -0.4 is 5.32 Å². The molecule has 0 amide bonds. The number of rotatable bonds is 4. The molecule has 2 unspecified atom stereocenters. The summed E-state index contributed by atoms with van der Waals surface area (Å²) >= 11 is 0. The molecule has 1 aromatic carbocycles. The maximum Gasteiger partial charge on any atom is 0.0360 e. The second-order valence-corrected chi connectivity index (χ2v) is 5.91. The van der Waals surface area contributed by atoms with E-state index in [1.807, 2.05) is 0 Å². The minimum absolute atomic E-state index is 0.494. The fraction of sp³-hybridized carbons (Fsp3) is 0.625. The van der Waals surface area contributed by atoms with E-state index >= 15 is 0 Å². The van der Waals surface area contributed by atoms with Crippen LogP contribution in [-0.4, -0.2) is 56.6 Å². The van der Waals surface area contributed by atoms with Crippen LogP contribution in [0.3, 0.4) is 0 Å². The van der Waals surface area contributed by atoms with Crippen LogP contribution in [0.15, 0.2) is 24.3 Å². The number of benzene rings is 1. The quantitative estimate of drug-likeness (QED) is 0.893. The molecule has 1 aromatic rings. The van der Waals surface area contributed by atoms with E-state index in [0.29, 0.717) is 12.1 Å². The van der Waals surface area contributed by atoms with Gasteiger partial charge in [-0.3, -0.25) is 0 Å². The van der Waals surface area contributed by atoms with Crippen molar-refractivity contribution in [2.45, 2.75) is 25.4 Å². The summed E-state index contributed by atoms with van der Waals surface area (Å²) in [7, 11) is 6.62. The van der Waals surface area contributed by atoms with Crippen molar-refractivity contribution in [3.05, 3.63) is 35.4 Å². The van der Waals surface area contributed by atoms with Gasteiger partial charge in [0.15, 0.2) is 0 Å². The smallest absolute Gasteiger partial charge is 0.0360 e. The number of hydrogen-bond acceptors (Lipinski definition) is 3. The summed E-state index contributed by atoms with van der Waals surface area (Å²) in [4.78, 5) is 4.84. The van der Waals surface area contributed by atoms with E-state index in [9.17, 15) is 0 Å². The van der Waals surface area contributed by atoms with Gasteiger partial charge in [-0.05, 0) is 45.6 Å². The van der Waals surface area contributed by atoms with Crippen molar-refractivity contribution < 1.29 is 0 Å². The first-order chi connectivity index (χ1) is 9.09. The zero-order valence-electron chi connectivity index (χ0n) is 12.7. The zero-order valence-corrected chi connectivity index (χ0v) is 12.7. The molecule has 1 heterocycles. The molecule has 0 bridgehead atoms. The Labute approximate surface area is 117 Å². The number of hydrogen-bond donors (Lipinski definition) is 1. The van der Waals surface area contributed by atoms with Crippen LogP contribution in [0.5, 0.6) is 0 Å². The molecule has 1 aliphatic heterocycles. The standard InChI is InChI=1S/C16H27N3/c1-13-7-5-6-8-15(13)16(18(2)3)11-14-12-17-9-10-19(14)4/h5-8,14,16-17H,9-12H2,1-4H3. The Kier molecular flexibility index (Phi) is 4.97. The maximum atomic E-state index is 3.52. The molecule has 1 aliphatic rings. The number of nitrogens with one attached hydrogen (secondary N) is 1.